The lowest BCUT2D eigenvalue weighted by Gasteiger charge is -2.22. The van der Waals surface area contributed by atoms with Crippen molar-refractivity contribution < 1.29 is 22.8 Å². The molecule has 1 atom stereocenters. The van der Waals surface area contributed by atoms with Gasteiger partial charge >= 0.3 is 6.18 Å². The van der Waals surface area contributed by atoms with Crippen LogP contribution in [0.5, 0.6) is 0 Å². The lowest BCUT2D eigenvalue weighted by molar-refractivity contribution is -0.169. The molecule has 0 radical (unpaired) electrons. The van der Waals surface area contributed by atoms with E-state index in [1.807, 2.05) is 6.92 Å². The Kier molecular flexibility index (Phi) is 3.23. The molecule has 0 amide bonds. The SMILES string of the molecule is Cc1ccc2c(c1)CSC(C(=O)C(F)(F)F)C2=O. The highest BCUT2D eigenvalue weighted by molar-refractivity contribution is 8.00. The van der Waals surface area contributed by atoms with Crippen molar-refractivity contribution in [3.05, 3.63) is 34.9 Å². The number of aryl methyl sites for hydroxylation is 1. The zero-order valence-electron chi connectivity index (χ0n) is 9.38. The van der Waals surface area contributed by atoms with Crippen LogP contribution in [-0.2, 0) is 10.5 Å². The summed E-state index contributed by atoms with van der Waals surface area (Å²) in [6.07, 6.45) is -4.96. The minimum Gasteiger partial charge on any atom is -0.292 e. The molecule has 18 heavy (non-hydrogen) atoms. The first kappa shape index (κ1) is 13.1. The first-order valence-electron chi connectivity index (χ1n) is 5.17. The number of halogens is 3. The van der Waals surface area contributed by atoms with Crippen LogP contribution in [0, 0.1) is 6.92 Å². The minimum atomic E-state index is -4.96. The molecule has 1 aliphatic heterocycles. The second kappa shape index (κ2) is 4.42. The molecule has 2 rings (SSSR count). The Hall–Kier alpha value is -1.30. The van der Waals surface area contributed by atoms with Crippen molar-refractivity contribution in [3.8, 4) is 0 Å². The Morgan fingerprint density at radius 3 is 2.67 bits per heavy atom. The van der Waals surface area contributed by atoms with Crippen molar-refractivity contribution in [3.63, 3.8) is 0 Å². The number of carbonyl (C=O) groups is 2. The molecule has 0 N–H and O–H groups in total. The van der Waals surface area contributed by atoms with Gasteiger partial charge in [0.1, 0.15) is 5.25 Å². The number of rotatable bonds is 1. The largest absolute Gasteiger partial charge is 0.451 e. The van der Waals surface area contributed by atoms with Gasteiger partial charge in [-0.2, -0.15) is 13.2 Å². The number of hydrogen-bond acceptors (Lipinski definition) is 3. The molecule has 0 saturated carbocycles. The van der Waals surface area contributed by atoms with Gasteiger partial charge < -0.3 is 0 Å². The third-order valence-electron chi connectivity index (χ3n) is 2.69. The summed E-state index contributed by atoms with van der Waals surface area (Å²) < 4.78 is 37.0. The lowest BCUT2D eigenvalue weighted by Crippen LogP contribution is -2.39. The van der Waals surface area contributed by atoms with Crippen molar-refractivity contribution in [2.24, 2.45) is 0 Å². The molecule has 1 aromatic rings. The quantitative estimate of drug-likeness (QED) is 0.738. The van der Waals surface area contributed by atoms with E-state index in [1.54, 1.807) is 12.1 Å². The van der Waals surface area contributed by atoms with Crippen molar-refractivity contribution in [1.29, 1.82) is 0 Å². The lowest BCUT2D eigenvalue weighted by atomic mass is 9.98. The van der Waals surface area contributed by atoms with E-state index >= 15 is 0 Å². The molecule has 1 unspecified atom stereocenters. The van der Waals surface area contributed by atoms with Crippen LogP contribution >= 0.6 is 11.8 Å². The number of fused-ring (bicyclic) bond motifs is 1. The first-order valence-corrected chi connectivity index (χ1v) is 6.22. The molecule has 1 heterocycles. The van der Waals surface area contributed by atoms with E-state index in [-0.39, 0.29) is 11.3 Å². The molecule has 0 fully saturated rings. The molecule has 2 nitrogen and oxygen atoms in total. The number of thioether (sulfide) groups is 1. The Morgan fingerprint density at radius 2 is 2.06 bits per heavy atom. The predicted molar refractivity (Wildman–Crippen MR) is 61.7 cm³/mol. The molecule has 6 heteroatoms. The van der Waals surface area contributed by atoms with E-state index in [1.165, 1.54) is 6.07 Å². The molecule has 1 aliphatic rings. The maximum absolute atomic E-state index is 12.3. The summed E-state index contributed by atoms with van der Waals surface area (Å²) in [6, 6.07) is 4.90. The summed E-state index contributed by atoms with van der Waals surface area (Å²) in [6.45, 7) is 1.84. The summed E-state index contributed by atoms with van der Waals surface area (Å²) >= 11 is 0.739. The van der Waals surface area contributed by atoms with Crippen LogP contribution in [0.1, 0.15) is 21.5 Å². The van der Waals surface area contributed by atoms with Crippen molar-refractivity contribution in [2.75, 3.05) is 0 Å². The molecular weight excluding hydrogens is 265 g/mol. The van der Waals surface area contributed by atoms with Crippen molar-refractivity contribution >= 4 is 23.3 Å². The Balaban J connectivity index is 2.35. The summed E-state index contributed by atoms with van der Waals surface area (Å²) in [5.41, 5.74) is 1.85. The number of Topliss-reactive ketones (excluding diaryl/α,β-unsaturated/α-hetero) is 2. The second-order valence-electron chi connectivity index (χ2n) is 4.08. The van der Waals surface area contributed by atoms with Gasteiger partial charge in [0.15, 0.2) is 5.78 Å². The summed E-state index contributed by atoms with van der Waals surface area (Å²) in [4.78, 5) is 23.0. The second-order valence-corrected chi connectivity index (χ2v) is 5.17. The zero-order chi connectivity index (χ0) is 13.5. The molecule has 0 bridgehead atoms. The van der Waals surface area contributed by atoms with Gasteiger partial charge in [-0.1, -0.05) is 23.8 Å². The highest BCUT2D eigenvalue weighted by atomic mass is 32.2. The van der Waals surface area contributed by atoms with Gasteiger partial charge in [-0.05, 0) is 12.5 Å². The summed E-state index contributed by atoms with van der Waals surface area (Å²) in [7, 11) is 0. The molecular formula is C12H9F3O2S. The normalized spacial score (nSPS) is 19.6. The topological polar surface area (TPSA) is 34.1 Å². The summed E-state index contributed by atoms with van der Waals surface area (Å²) in [5.74, 6) is -2.47. The Morgan fingerprint density at radius 1 is 1.39 bits per heavy atom. The van der Waals surface area contributed by atoms with E-state index < -0.39 is 23.0 Å². The number of benzene rings is 1. The highest BCUT2D eigenvalue weighted by Gasteiger charge is 2.48. The van der Waals surface area contributed by atoms with Gasteiger partial charge in [-0.15, -0.1) is 11.8 Å². The van der Waals surface area contributed by atoms with Crippen LogP contribution in [0.3, 0.4) is 0 Å². The van der Waals surface area contributed by atoms with Crippen LogP contribution in [0.25, 0.3) is 0 Å². The van der Waals surface area contributed by atoms with Crippen LogP contribution in [0.2, 0.25) is 0 Å². The average molecular weight is 274 g/mol. The van der Waals surface area contributed by atoms with Crippen LogP contribution in [0.15, 0.2) is 18.2 Å². The van der Waals surface area contributed by atoms with Gasteiger partial charge in [0.05, 0.1) is 0 Å². The van der Waals surface area contributed by atoms with Crippen molar-refractivity contribution in [1.82, 2.24) is 0 Å². The fourth-order valence-corrected chi connectivity index (χ4v) is 2.96. The van der Waals surface area contributed by atoms with Crippen LogP contribution in [-0.4, -0.2) is 23.0 Å². The Labute approximate surface area is 106 Å². The van der Waals surface area contributed by atoms with Gasteiger partial charge in [0, 0.05) is 11.3 Å². The summed E-state index contributed by atoms with van der Waals surface area (Å²) in [5, 5.41) is -1.65. The van der Waals surface area contributed by atoms with Gasteiger partial charge in [-0.25, -0.2) is 0 Å². The van der Waals surface area contributed by atoms with Crippen molar-refractivity contribution in [2.45, 2.75) is 24.1 Å². The van der Waals surface area contributed by atoms with E-state index in [4.69, 9.17) is 0 Å². The molecule has 0 saturated heterocycles. The third kappa shape index (κ3) is 2.29. The standard InChI is InChI=1S/C12H9F3O2S/c1-6-2-3-8-7(4-6)5-18-10(9(8)16)11(17)12(13,14)15/h2-4,10H,5H2,1H3. The zero-order valence-corrected chi connectivity index (χ0v) is 10.2. The number of alkyl halides is 3. The Bertz CT molecular complexity index is 523. The predicted octanol–water partition coefficient (Wildman–Crippen LogP) is 2.92. The molecule has 0 spiro atoms. The smallest absolute Gasteiger partial charge is 0.292 e. The van der Waals surface area contributed by atoms with E-state index in [0.717, 1.165) is 17.3 Å². The van der Waals surface area contributed by atoms with Crippen LogP contribution in [0.4, 0.5) is 13.2 Å². The van der Waals surface area contributed by atoms with E-state index in [2.05, 4.69) is 0 Å². The van der Waals surface area contributed by atoms with E-state index in [9.17, 15) is 22.8 Å². The highest BCUT2D eigenvalue weighted by Crippen LogP contribution is 2.34. The number of hydrogen-bond donors (Lipinski definition) is 0. The number of ketones is 2. The van der Waals surface area contributed by atoms with Crippen LogP contribution < -0.4 is 0 Å². The molecule has 1 aromatic carbocycles. The fourth-order valence-electron chi connectivity index (χ4n) is 1.82. The molecule has 96 valence electrons. The van der Waals surface area contributed by atoms with E-state index in [0.29, 0.717) is 5.56 Å². The van der Waals surface area contributed by atoms with Gasteiger partial charge in [0.25, 0.3) is 5.78 Å². The van der Waals surface area contributed by atoms with Gasteiger partial charge in [0.2, 0.25) is 0 Å². The monoisotopic (exact) mass is 274 g/mol. The minimum absolute atomic E-state index is 0.224. The molecule has 0 aliphatic carbocycles. The maximum atomic E-state index is 12.3. The third-order valence-corrected chi connectivity index (χ3v) is 3.93. The number of carbonyl (C=O) groups excluding carboxylic acids is 2. The average Bonchev–Trinajstić information content (AvgIpc) is 2.27. The fraction of sp³-hybridized carbons (Fsp3) is 0.333. The molecule has 0 aromatic heterocycles. The van der Waals surface area contributed by atoms with Gasteiger partial charge in [-0.3, -0.25) is 9.59 Å². The first-order chi connectivity index (χ1) is 8.30. The maximum Gasteiger partial charge on any atom is 0.451 e.